The van der Waals surface area contributed by atoms with Crippen molar-refractivity contribution in [2.75, 3.05) is 0 Å². The van der Waals surface area contributed by atoms with Crippen molar-refractivity contribution in [1.29, 1.82) is 0 Å². The van der Waals surface area contributed by atoms with Gasteiger partial charge in [0.1, 0.15) is 5.54 Å². The monoisotopic (exact) mass is 584 g/mol. The maximum atomic E-state index is 7.06. The highest BCUT2D eigenvalue weighted by atomic mass is 28.4. The van der Waals surface area contributed by atoms with E-state index in [0.717, 1.165) is 18.5 Å². The van der Waals surface area contributed by atoms with Crippen LogP contribution in [0.4, 0.5) is 0 Å². The number of rotatable bonds is 8. The Hall–Kier alpha value is -3.73. The van der Waals surface area contributed by atoms with Crippen molar-refractivity contribution in [3.8, 4) is 0 Å². The second-order valence-corrected chi connectivity index (χ2v) is 18.3. The zero-order valence-electron chi connectivity index (χ0n) is 26.4. The normalized spacial score (nSPS) is 16.2. The molecule has 5 aromatic rings. The number of fused-ring (bicyclic) bond motifs is 1. The van der Waals surface area contributed by atoms with Gasteiger partial charge in [0.25, 0.3) is 0 Å². The van der Waals surface area contributed by atoms with E-state index in [2.05, 4.69) is 161 Å². The Morgan fingerprint density at radius 2 is 1.30 bits per heavy atom. The van der Waals surface area contributed by atoms with E-state index in [1.807, 2.05) is 6.33 Å². The first-order chi connectivity index (χ1) is 20.6. The molecule has 0 N–H and O–H groups in total. The first kappa shape index (κ1) is 29.3. The van der Waals surface area contributed by atoms with E-state index in [4.69, 9.17) is 9.41 Å². The molecule has 6 rings (SSSR count). The molecule has 0 bridgehead atoms. The Bertz CT molecular complexity index is 1570. The fraction of sp³-hybridized carbons (Fsp3) is 0.308. The number of aryl methyl sites for hydroxylation is 1. The van der Waals surface area contributed by atoms with Crippen LogP contribution in [0.5, 0.6) is 0 Å². The molecule has 0 saturated heterocycles. The third-order valence-corrected chi connectivity index (χ3v) is 14.4. The number of aromatic nitrogens is 2. The van der Waals surface area contributed by atoms with E-state index in [9.17, 15) is 0 Å². The average Bonchev–Trinajstić information content (AvgIpc) is 3.66. The van der Waals surface area contributed by atoms with Crippen LogP contribution < -0.4 is 0 Å². The van der Waals surface area contributed by atoms with Crippen molar-refractivity contribution in [3.05, 3.63) is 161 Å². The van der Waals surface area contributed by atoms with Crippen LogP contribution in [-0.4, -0.2) is 17.9 Å². The smallest absolute Gasteiger partial charge is 0.192 e. The summed E-state index contributed by atoms with van der Waals surface area (Å²) in [4.78, 5) is 5.13. The highest BCUT2D eigenvalue weighted by Gasteiger charge is 2.42. The molecule has 0 fully saturated rings. The minimum absolute atomic E-state index is 0.125. The van der Waals surface area contributed by atoms with Crippen LogP contribution in [0.2, 0.25) is 18.1 Å². The van der Waals surface area contributed by atoms with Crippen LogP contribution in [0.15, 0.2) is 122 Å². The Morgan fingerprint density at radius 3 is 1.81 bits per heavy atom. The van der Waals surface area contributed by atoms with Gasteiger partial charge < -0.3 is 8.99 Å². The molecular formula is C39H44N2OSi. The number of hydrogen-bond donors (Lipinski definition) is 0. The van der Waals surface area contributed by atoms with E-state index < -0.39 is 13.9 Å². The second-order valence-electron chi connectivity index (χ2n) is 13.6. The molecule has 2 unspecified atom stereocenters. The van der Waals surface area contributed by atoms with Gasteiger partial charge in [0.05, 0.1) is 18.1 Å². The molecular weight excluding hydrogens is 541 g/mol. The standard InChI is InChI=1S/C39H44N2OSi/c1-29(34-24-16-17-30-25-26-36(37(30)34)42-43(5,6)38(2,3)4)35-27-41(28-40-35)39(31-18-10-7-11-19-31,32-20-12-8-13-21-32)33-22-14-9-15-23-33/h7-24,27-29,36H,25-26H2,1-6H3. The van der Waals surface area contributed by atoms with Gasteiger partial charge in [-0.15, -0.1) is 0 Å². The van der Waals surface area contributed by atoms with Crippen molar-refractivity contribution < 1.29 is 4.43 Å². The van der Waals surface area contributed by atoms with E-state index in [1.165, 1.54) is 33.4 Å². The first-order valence-electron chi connectivity index (χ1n) is 15.6. The van der Waals surface area contributed by atoms with Crippen LogP contribution >= 0.6 is 0 Å². The van der Waals surface area contributed by atoms with Crippen molar-refractivity contribution in [3.63, 3.8) is 0 Å². The Balaban J connectivity index is 1.46. The molecule has 0 amide bonds. The zero-order valence-corrected chi connectivity index (χ0v) is 27.4. The van der Waals surface area contributed by atoms with Crippen molar-refractivity contribution in [1.82, 2.24) is 9.55 Å². The van der Waals surface area contributed by atoms with Crippen LogP contribution in [0.3, 0.4) is 0 Å². The lowest BCUT2D eigenvalue weighted by Gasteiger charge is -2.39. The molecule has 2 atom stereocenters. The van der Waals surface area contributed by atoms with Crippen LogP contribution in [0.1, 0.15) is 85.2 Å². The van der Waals surface area contributed by atoms with Gasteiger partial charge in [0.15, 0.2) is 8.32 Å². The topological polar surface area (TPSA) is 27.1 Å². The summed E-state index contributed by atoms with van der Waals surface area (Å²) in [6.07, 6.45) is 6.58. The summed E-state index contributed by atoms with van der Waals surface area (Å²) in [6.45, 7) is 14.0. The first-order valence-corrected chi connectivity index (χ1v) is 18.5. The van der Waals surface area contributed by atoms with Gasteiger partial charge in [-0.05, 0) is 64.4 Å². The maximum Gasteiger partial charge on any atom is 0.192 e. The molecule has 43 heavy (non-hydrogen) atoms. The summed E-state index contributed by atoms with van der Waals surface area (Å²) in [5.74, 6) is 0.125. The highest BCUT2D eigenvalue weighted by molar-refractivity contribution is 6.74. The summed E-state index contributed by atoms with van der Waals surface area (Å²) in [5, 5.41) is 0.171. The maximum absolute atomic E-state index is 7.06. The van der Waals surface area contributed by atoms with Gasteiger partial charge in [0.2, 0.25) is 0 Å². The molecule has 1 heterocycles. The Labute approximate surface area is 258 Å². The summed E-state index contributed by atoms with van der Waals surface area (Å²) >= 11 is 0. The zero-order chi connectivity index (χ0) is 30.2. The van der Waals surface area contributed by atoms with Gasteiger partial charge in [0, 0.05) is 12.1 Å². The third kappa shape index (κ3) is 5.21. The van der Waals surface area contributed by atoms with Gasteiger partial charge in [-0.1, -0.05) is 137 Å². The van der Waals surface area contributed by atoms with Crippen molar-refractivity contribution in [2.45, 2.75) is 76.2 Å². The molecule has 0 aliphatic heterocycles. The molecule has 1 aromatic heterocycles. The van der Waals surface area contributed by atoms with Gasteiger partial charge in [-0.3, -0.25) is 0 Å². The van der Waals surface area contributed by atoms with Crippen LogP contribution in [0.25, 0.3) is 0 Å². The molecule has 4 heteroatoms. The molecule has 0 spiro atoms. The third-order valence-electron chi connectivity index (χ3n) is 9.95. The lowest BCUT2D eigenvalue weighted by atomic mass is 9.76. The molecule has 3 nitrogen and oxygen atoms in total. The Kier molecular flexibility index (Phi) is 7.78. The lowest BCUT2D eigenvalue weighted by molar-refractivity contribution is 0.184. The summed E-state index contributed by atoms with van der Waals surface area (Å²) in [5.41, 5.74) is 8.27. The molecule has 1 aliphatic rings. The van der Waals surface area contributed by atoms with Crippen molar-refractivity contribution >= 4 is 8.32 Å². The number of imidazole rings is 1. The van der Waals surface area contributed by atoms with Gasteiger partial charge >= 0.3 is 0 Å². The molecule has 220 valence electrons. The minimum atomic E-state index is -1.93. The summed E-state index contributed by atoms with van der Waals surface area (Å²) < 4.78 is 9.39. The number of nitrogens with zero attached hydrogens (tertiary/aromatic N) is 2. The fourth-order valence-electron chi connectivity index (χ4n) is 6.59. The quantitative estimate of drug-likeness (QED) is 0.134. The second kappa shape index (κ2) is 11.4. The van der Waals surface area contributed by atoms with E-state index in [0.29, 0.717) is 0 Å². The minimum Gasteiger partial charge on any atom is -0.410 e. The van der Waals surface area contributed by atoms with E-state index in [-0.39, 0.29) is 17.1 Å². The lowest BCUT2D eigenvalue weighted by Crippen LogP contribution is -2.41. The highest BCUT2D eigenvalue weighted by Crippen LogP contribution is 2.47. The number of benzene rings is 4. The van der Waals surface area contributed by atoms with Crippen LogP contribution in [0, 0.1) is 0 Å². The summed E-state index contributed by atoms with van der Waals surface area (Å²) in [6, 6.07) is 39.3. The van der Waals surface area contributed by atoms with Gasteiger partial charge in [-0.25, -0.2) is 4.98 Å². The Morgan fingerprint density at radius 1 is 0.767 bits per heavy atom. The molecule has 0 radical (unpaired) electrons. The SMILES string of the molecule is CC(c1cn(C(c2ccccc2)(c2ccccc2)c2ccccc2)cn1)c1cccc2c1C(O[Si](C)(C)C(C)(C)C)CC2. The predicted octanol–water partition coefficient (Wildman–Crippen LogP) is 9.88. The van der Waals surface area contributed by atoms with E-state index >= 15 is 0 Å². The van der Waals surface area contributed by atoms with E-state index in [1.54, 1.807) is 0 Å². The fourth-order valence-corrected chi connectivity index (χ4v) is 7.89. The van der Waals surface area contributed by atoms with Gasteiger partial charge in [-0.2, -0.15) is 0 Å². The summed E-state index contributed by atoms with van der Waals surface area (Å²) in [7, 11) is -1.93. The largest absolute Gasteiger partial charge is 0.410 e. The van der Waals surface area contributed by atoms with Crippen molar-refractivity contribution in [2.24, 2.45) is 0 Å². The average molecular weight is 585 g/mol. The number of hydrogen-bond acceptors (Lipinski definition) is 2. The molecule has 0 saturated carbocycles. The molecule has 4 aromatic carbocycles. The predicted molar refractivity (Wildman–Crippen MR) is 180 cm³/mol. The van der Waals surface area contributed by atoms with Crippen LogP contribution in [-0.2, 0) is 16.4 Å². The molecule has 1 aliphatic carbocycles.